The number of hydrogen-bond acceptors (Lipinski definition) is 4. The molecule has 1 unspecified atom stereocenters. The molecule has 6 nitrogen and oxygen atoms in total. The zero-order valence-corrected chi connectivity index (χ0v) is 12.6. The van der Waals surface area contributed by atoms with Gasteiger partial charge in [0.05, 0.1) is 16.3 Å². The Morgan fingerprint density at radius 3 is 2.55 bits per heavy atom. The summed E-state index contributed by atoms with van der Waals surface area (Å²) in [5, 5.41) is 5.90. The molecule has 1 aromatic carbocycles. The number of rotatable bonds is 4. The number of fused-ring (bicyclic) bond motifs is 1. The first-order valence-electron chi connectivity index (χ1n) is 6.50. The monoisotopic (exact) mass is 297 g/mol. The van der Waals surface area contributed by atoms with Gasteiger partial charge in [-0.25, -0.2) is 12.7 Å². The fourth-order valence-corrected chi connectivity index (χ4v) is 3.02. The molecule has 1 heterocycles. The highest BCUT2D eigenvalue weighted by atomic mass is 32.2. The molecule has 0 bridgehead atoms. The zero-order valence-electron chi connectivity index (χ0n) is 11.8. The maximum atomic E-state index is 12.1. The van der Waals surface area contributed by atoms with E-state index in [0.717, 1.165) is 22.8 Å². The quantitative estimate of drug-likeness (QED) is 0.882. The Bertz CT molecular complexity index is 626. The van der Waals surface area contributed by atoms with Crippen LogP contribution in [0.3, 0.4) is 0 Å². The van der Waals surface area contributed by atoms with Gasteiger partial charge in [0.15, 0.2) is 0 Å². The van der Waals surface area contributed by atoms with Gasteiger partial charge in [-0.2, -0.15) is 0 Å². The highest BCUT2D eigenvalue weighted by Gasteiger charge is 2.26. The smallest absolute Gasteiger partial charge is 0.246 e. The number of anilines is 2. The number of carbonyl (C=O) groups is 1. The van der Waals surface area contributed by atoms with Crippen molar-refractivity contribution in [2.45, 2.75) is 30.7 Å². The van der Waals surface area contributed by atoms with Crippen molar-refractivity contribution >= 4 is 27.3 Å². The number of benzene rings is 1. The van der Waals surface area contributed by atoms with Gasteiger partial charge in [-0.3, -0.25) is 4.79 Å². The number of nitrogens with zero attached hydrogens (tertiary/aromatic N) is 1. The standard InChI is InChI=1S/C13H19N3O3S/c1-4-5-11-13(17)15-12-8-9(6-7-10(12)14-11)20(18,19)16(2)3/h6-8,11,14H,4-5H2,1-3H3,(H,15,17). The van der Waals surface area contributed by atoms with Gasteiger partial charge in [-0.05, 0) is 24.6 Å². The van der Waals surface area contributed by atoms with E-state index >= 15 is 0 Å². The van der Waals surface area contributed by atoms with Crippen molar-refractivity contribution in [3.05, 3.63) is 18.2 Å². The van der Waals surface area contributed by atoms with Crippen LogP contribution in [-0.2, 0) is 14.8 Å². The first-order chi connectivity index (χ1) is 9.36. The molecule has 0 spiro atoms. The van der Waals surface area contributed by atoms with Gasteiger partial charge in [-0.15, -0.1) is 0 Å². The van der Waals surface area contributed by atoms with Crippen LogP contribution >= 0.6 is 0 Å². The summed E-state index contributed by atoms with van der Waals surface area (Å²) in [6.07, 6.45) is 1.64. The average molecular weight is 297 g/mol. The molecule has 0 saturated carbocycles. The van der Waals surface area contributed by atoms with Crippen molar-refractivity contribution in [3.8, 4) is 0 Å². The summed E-state index contributed by atoms with van der Waals surface area (Å²) in [5.41, 5.74) is 1.26. The van der Waals surface area contributed by atoms with E-state index in [0.29, 0.717) is 5.69 Å². The van der Waals surface area contributed by atoms with Gasteiger partial charge in [0.25, 0.3) is 0 Å². The molecule has 0 saturated heterocycles. The molecule has 2 rings (SSSR count). The van der Waals surface area contributed by atoms with Crippen LogP contribution in [0.1, 0.15) is 19.8 Å². The Morgan fingerprint density at radius 2 is 1.95 bits per heavy atom. The third-order valence-electron chi connectivity index (χ3n) is 3.25. The van der Waals surface area contributed by atoms with Gasteiger partial charge < -0.3 is 10.6 Å². The summed E-state index contributed by atoms with van der Waals surface area (Å²) in [6, 6.07) is 4.46. The summed E-state index contributed by atoms with van der Waals surface area (Å²) in [7, 11) is -0.547. The van der Waals surface area contributed by atoms with Crippen LogP contribution in [0.15, 0.2) is 23.1 Å². The van der Waals surface area contributed by atoms with Crippen LogP contribution in [0.4, 0.5) is 11.4 Å². The van der Waals surface area contributed by atoms with Crippen molar-refractivity contribution in [2.75, 3.05) is 24.7 Å². The summed E-state index contributed by atoms with van der Waals surface area (Å²) >= 11 is 0. The molecule has 1 atom stereocenters. The van der Waals surface area contributed by atoms with Crippen molar-refractivity contribution in [2.24, 2.45) is 0 Å². The van der Waals surface area contributed by atoms with E-state index in [-0.39, 0.29) is 16.8 Å². The molecule has 0 fully saturated rings. The fraction of sp³-hybridized carbons (Fsp3) is 0.462. The van der Waals surface area contributed by atoms with Gasteiger partial charge in [0, 0.05) is 14.1 Å². The van der Waals surface area contributed by atoms with E-state index in [4.69, 9.17) is 0 Å². The van der Waals surface area contributed by atoms with E-state index < -0.39 is 10.0 Å². The second-order valence-corrected chi connectivity index (χ2v) is 7.12. The molecule has 1 aliphatic rings. The topological polar surface area (TPSA) is 78.5 Å². The van der Waals surface area contributed by atoms with E-state index in [1.165, 1.54) is 20.2 Å². The largest absolute Gasteiger partial charge is 0.372 e. The maximum absolute atomic E-state index is 12.1. The van der Waals surface area contributed by atoms with Gasteiger partial charge >= 0.3 is 0 Å². The molecule has 1 aliphatic heterocycles. The minimum Gasteiger partial charge on any atom is -0.372 e. The summed E-state index contributed by atoms with van der Waals surface area (Å²) in [4.78, 5) is 12.1. The molecule has 0 radical (unpaired) electrons. The van der Waals surface area contributed by atoms with Crippen molar-refractivity contribution in [1.29, 1.82) is 0 Å². The number of carbonyl (C=O) groups excluding carboxylic acids is 1. The Kier molecular flexibility index (Phi) is 4.01. The Hall–Kier alpha value is -1.60. The molecule has 1 amide bonds. The minimum absolute atomic E-state index is 0.126. The third-order valence-corrected chi connectivity index (χ3v) is 5.06. The summed E-state index contributed by atoms with van der Waals surface area (Å²) in [5.74, 6) is -0.126. The van der Waals surface area contributed by atoms with E-state index in [1.807, 2.05) is 6.92 Å². The molecule has 0 aliphatic carbocycles. The summed E-state index contributed by atoms with van der Waals surface area (Å²) in [6.45, 7) is 2.01. The van der Waals surface area contributed by atoms with Crippen LogP contribution in [0, 0.1) is 0 Å². The molecular formula is C13H19N3O3S. The third kappa shape index (κ3) is 2.64. The van der Waals surface area contributed by atoms with Gasteiger partial charge in [-0.1, -0.05) is 13.3 Å². The van der Waals surface area contributed by atoms with Crippen LogP contribution in [-0.4, -0.2) is 38.8 Å². The fourth-order valence-electron chi connectivity index (χ4n) is 2.09. The average Bonchev–Trinajstić information content (AvgIpc) is 2.39. The predicted octanol–water partition coefficient (Wildman–Crippen LogP) is 1.47. The highest BCUT2D eigenvalue weighted by Crippen LogP contribution is 2.30. The SMILES string of the molecule is CCCC1Nc2ccc(S(=O)(=O)N(C)C)cc2NC1=O. The lowest BCUT2D eigenvalue weighted by molar-refractivity contribution is -0.117. The number of amides is 1. The summed E-state index contributed by atoms with van der Waals surface area (Å²) < 4.78 is 25.3. The second kappa shape index (κ2) is 5.41. The second-order valence-electron chi connectivity index (χ2n) is 4.97. The zero-order chi connectivity index (χ0) is 14.9. The van der Waals surface area contributed by atoms with Crippen molar-refractivity contribution in [1.82, 2.24) is 4.31 Å². The lowest BCUT2D eigenvalue weighted by Gasteiger charge is -2.27. The van der Waals surface area contributed by atoms with Crippen LogP contribution in [0.5, 0.6) is 0 Å². The van der Waals surface area contributed by atoms with Crippen molar-refractivity contribution < 1.29 is 13.2 Å². The molecule has 110 valence electrons. The lowest BCUT2D eigenvalue weighted by Crippen LogP contribution is -2.38. The van der Waals surface area contributed by atoms with E-state index in [9.17, 15) is 13.2 Å². The molecule has 1 aromatic rings. The Balaban J connectivity index is 2.36. The van der Waals surface area contributed by atoms with Crippen LogP contribution in [0.25, 0.3) is 0 Å². The highest BCUT2D eigenvalue weighted by molar-refractivity contribution is 7.89. The molecule has 7 heteroatoms. The Morgan fingerprint density at radius 1 is 1.25 bits per heavy atom. The lowest BCUT2D eigenvalue weighted by atomic mass is 10.1. The first-order valence-corrected chi connectivity index (χ1v) is 7.94. The number of nitrogens with one attached hydrogen (secondary N) is 2. The maximum Gasteiger partial charge on any atom is 0.246 e. The van der Waals surface area contributed by atoms with Crippen molar-refractivity contribution in [3.63, 3.8) is 0 Å². The minimum atomic E-state index is -3.50. The molecule has 20 heavy (non-hydrogen) atoms. The predicted molar refractivity (Wildman–Crippen MR) is 78.3 cm³/mol. The molecular weight excluding hydrogens is 278 g/mol. The molecule has 0 aromatic heterocycles. The normalized spacial score (nSPS) is 18.4. The number of sulfonamides is 1. The van der Waals surface area contributed by atoms with E-state index in [1.54, 1.807) is 12.1 Å². The van der Waals surface area contributed by atoms with Gasteiger partial charge in [0.1, 0.15) is 6.04 Å². The molecule has 2 N–H and O–H groups in total. The van der Waals surface area contributed by atoms with Crippen LogP contribution in [0.2, 0.25) is 0 Å². The van der Waals surface area contributed by atoms with Crippen LogP contribution < -0.4 is 10.6 Å². The number of hydrogen-bond donors (Lipinski definition) is 2. The van der Waals surface area contributed by atoms with E-state index in [2.05, 4.69) is 10.6 Å². The van der Waals surface area contributed by atoms with Gasteiger partial charge in [0.2, 0.25) is 15.9 Å². The Labute approximate surface area is 119 Å². The first kappa shape index (κ1) is 14.8.